The van der Waals surface area contributed by atoms with Crippen molar-refractivity contribution in [2.24, 2.45) is 28.6 Å². The van der Waals surface area contributed by atoms with Crippen molar-refractivity contribution in [3.8, 4) is 0 Å². The van der Waals surface area contributed by atoms with Crippen molar-refractivity contribution in [2.45, 2.75) is 97.0 Å². The molecule has 3 heterocycles. The number of aromatic amines is 1. The number of hydrogen-bond acceptors (Lipinski definition) is 6. The Kier molecular flexibility index (Phi) is 8.32. The molecule has 1 N–H and O–H groups in total. The van der Waals surface area contributed by atoms with Crippen molar-refractivity contribution in [2.75, 3.05) is 13.2 Å². The first-order valence-corrected chi connectivity index (χ1v) is 19.2. The van der Waals surface area contributed by atoms with Crippen molar-refractivity contribution >= 4 is 18.7 Å². The van der Waals surface area contributed by atoms with Crippen LogP contribution in [0, 0.1) is 28.6 Å². The van der Waals surface area contributed by atoms with Gasteiger partial charge in [-0.15, -0.1) is 0 Å². The molecule has 9 heteroatoms. The lowest BCUT2D eigenvalue weighted by Gasteiger charge is -2.43. The number of nitrogens with one attached hydrogen (secondary N) is 1. The van der Waals surface area contributed by atoms with Gasteiger partial charge in [0.25, 0.3) is 13.9 Å². The number of rotatable bonds is 9. The zero-order valence-corrected chi connectivity index (χ0v) is 29.6. The van der Waals surface area contributed by atoms with Gasteiger partial charge >= 0.3 is 5.69 Å². The predicted molar refractivity (Wildman–Crippen MR) is 184 cm³/mol. The standard InChI is InChI=1S/C38H50N2O6Si/c1-36(2,3)47(27-13-9-7-10-14-27,28-15-11-8-12-16-28)44-23-25-21-26(45-34(25)40-20-18-31(41)39-35(40)42)24-43-32-22-29-30-17-19-38(6,33(29)46-32)37(30,4)5/h7-16,18,20,25-26,29-30,32-34H,17,19,21-24H2,1-6H3,(H,39,41,42)/t25-,26-,29+,30+,32+,33+,34+,38-/m0/s1. The second kappa shape index (κ2) is 11.9. The van der Waals surface area contributed by atoms with Crippen LogP contribution in [-0.2, 0) is 18.6 Å². The molecule has 47 heavy (non-hydrogen) atoms. The van der Waals surface area contributed by atoms with E-state index >= 15 is 0 Å². The van der Waals surface area contributed by atoms with Crippen LogP contribution < -0.4 is 21.6 Å². The minimum Gasteiger partial charge on any atom is -0.407 e. The molecule has 2 aromatic carbocycles. The van der Waals surface area contributed by atoms with Gasteiger partial charge in [-0.25, -0.2) is 4.79 Å². The van der Waals surface area contributed by atoms with Crippen LogP contribution in [0.5, 0.6) is 0 Å². The molecule has 1 aromatic heterocycles. The van der Waals surface area contributed by atoms with Crippen LogP contribution in [0.15, 0.2) is 82.5 Å². The summed E-state index contributed by atoms with van der Waals surface area (Å²) in [5.41, 5.74) is -0.446. The van der Waals surface area contributed by atoms with E-state index < -0.39 is 25.8 Å². The number of ether oxygens (including phenoxy) is 3. The Morgan fingerprint density at radius 3 is 2.17 bits per heavy atom. The number of fused-ring (bicyclic) bond motifs is 5. The molecule has 3 aromatic rings. The number of benzene rings is 2. The lowest BCUT2D eigenvalue weighted by atomic mass is 9.70. The number of hydrogen-bond donors (Lipinski definition) is 1. The first-order chi connectivity index (χ1) is 22.3. The van der Waals surface area contributed by atoms with Gasteiger partial charge in [-0.1, -0.05) is 102 Å². The SMILES string of the molecule is CC1(C)[C@@H]2CC[C@@]1(C)[C@@H]1O[C@@H](OC[C@@H]3C[C@@H](CO[Si](c4ccccc4)(c4ccccc4)C(C)(C)C)[C@H](n4ccc(=O)[nH]c4=O)O3)C[C@H]21. The predicted octanol–water partition coefficient (Wildman–Crippen LogP) is 5.22. The average molecular weight is 659 g/mol. The van der Waals surface area contributed by atoms with E-state index in [0.717, 1.165) is 6.42 Å². The molecule has 7 rings (SSSR count). The van der Waals surface area contributed by atoms with Crippen molar-refractivity contribution in [1.29, 1.82) is 0 Å². The molecule has 4 aliphatic rings. The Morgan fingerprint density at radius 1 is 0.915 bits per heavy atom. The summed E-state index contributed by atoms with van der Waals surface area (Å²) in [5, 5.41) is 2.21. The fraction of sp³-hybridized carbons (Fsp3) is 0.579. The highest BCUT2D eigenvalue weighted by Gasteiger charge is 2.69. The normalized spacial score (nSPS) is 32.9. The summed E-state index contributed by atoms with van der Waals surface area (Å²) >= 11 is 0. The highest BCUT2D eigenvalue weighted by molar-refractivity contribution is 6.99. The molecule has 2 aliphatic heterocycles. The molecule has 2 bridgehead atoms. The van der Waals surface area contributed by atoms with Crippen LogP contribution in [0.2, 0.25) is 5.04 Å². The Bertz CT molecular complexity index is 1640. The second-order valence-corrected chi connectivity index (χ2v) is 20.4. The van der Waals surface area contributed by atoms with Crippen LogP contribution in [0.3, 0.4) is 0 Å². The van der Waals surface area contributed by atoms with E-state index in [9.17, 15) is 9.59 Å². The molecule has 0 spiro atoms. The molecular weight excluding hydrogens is 609 g/mol. The van der Waals surface area contributed by atoms with Crippen molar-refractivity contribution in [3.63, 3.8) is 0 Å². The third kappa shape index (κ3) is 5.33. The first kappa shape index (κ1) is 32.7. The van der Waals surface area contributed by atoms with Crippen LogP contribution in [0.4, 0.5) is 0 Å². The van der Waals surface area contributed by atoms with Gasteiger partial charge in [0.05, 0.1) is 18.8 Å². The van der Waals surface area contributed by atoms with E-state index in [4.69, 9.17) is 18.6 Å². The Hall–Kier alpha value is -2.82. The highest BCUT2D eigenvalue weighted by atomic mass is 28.4. The average Bonchev–Trinajstić information content (AvgIpc) is 3.74. The Labute approximate surface area is 278 Å². The van der Waals surface area contributed by atoms with E-state index in [1.54, 1.807) is 0 Å². The van der Waals surface area contributed by atoms with E-state index in [2.05, 4.69) is 95.1 Å². The topological polar surface area (TPSA) is 91.8 Å². The fourth-order valence-electron chi connectivity index (χ4n) is 9.80. The van der Waals surface area contributed by atoms with Gasteiger partial charge in [0.1, 0.15) is 6.23 Å². The van der Waals surface area contributed by atoms with Crippen LogP contribution >= 0.6 is 0 Å². The molecule has 8 nitrogen and oxygen atoms in total. The molecule has 0 radical (unpaired) electrons. The molecule has 252 valence electrons. The molecule has 4 fully saturated rings. The molecule has 0 unspecified atom stereocenters. The summed E-state index contributed by atoms with van der Waals surface area (Å²) in [5.74, 6) is 1.07. The van der Waals surface area contributed by atoms with Crippen molar-refractivity contribution < 1.29 is 18.6 Å². The third-order valence-corrected chi connectivity index (χ3v) is 17.5. The highest BCUT2D eigenvalue weighted by Crippen LogP contribution is 2.71. The molecule has 2 saturated heterocycles. The number of H-pyrrole nitrogens is 1. The number of aromatic nitrogens is 2. The lowest BCUT2D eigenvalue weighted by molar-refractivity contribution is -0.179. The summed E-state index contributed by atoms with van der Waals surface area (Å²) in [4.78, 5) is 27.4. The third-order valence-electron chi connectivity index (χ3n) is 12.5. The summed E-state index contributed by atoms with van der Waals surface area (Å²) in [6.07, 6.45) is 4.74. The van der Waals surface area contributed by atoms with E-state index in [0.29, 0.717) is 31.5 Å². The maximum absolute atomic E-state index is 13.1. The zero-order valence-electron chi connectivity index (χ0n) is 28.6. The Balaban J connectivity index is 1.13. The summed E-state index contributed by atoms with van der Waals surface area (Å²) < 4.78 is 28.5. The smallest absolute Gasteiger partial charge is 0.330 e. The minimum atomic E-state index is -2.82. The quantitative estimate of drug-likeness (QED) is 0.317. The molecule has 0 amide bonds. The van der Waals surface area contributed by atoms with E-state index in [1.807, 2.05) is 12.1 Å². The van der Waals surface area contributed by atoms with Crippen LogP contribution in [-0.4, -0.2) is 49.6 Å². The molecule has 2 aliphatic carbocycles. The van der Waals surface area contributed by atoms with Crippen molar-refractivity contribution in [1.82, 2.24) is 9.55 Å². The number of nitrogens with zero attached hydrogens (tertiary/aromatic N) is 1. The molecular formula is C38H50N2O6Si. The zero-order chi connectivity index (χ0) is 33.2. The summed E-state index contributed by atoms with van der Waals surface area (Å²) in [7, 11) is -2.82. The maximum Gasteiger partial charge on any atom is 0.330 e. The van der Waals surface area contributed by atoms with Gasteiger partial charge in [0.15, 0.2) is 6.29 Å². The Morgan fingerprint density at radius 2 is 1.57 bits per heavy atom. The summed E-state index contributed by atoms with van der Waals surface area (Å²) in [6.45, 7) is 14.8. The molecule has 8 atom stereocenters. The van der Waals surface area contributed by atoms with E-state index in [-0.39, 0.29) is 40.3 Å². The summed E-state index contributed by atoms with van der Waals surface area (Å²) in [6, 6.07) is 22.5. The molecule has 2 saturated carbocycles. The van der Waals surface area contributed by atoms with Gasteiger partial charge in [-0.05, 0) is 57.3 Å². The second-order valence-electron chi connectivity index (χ2n) is 16.1. The van der Waals surface area contributed by atoms with Crippen LogP contribution in [0.1, 0.15) is 73.5 Å². The minimum absolute atomic E-state index is 0.145. The maximum atomic E-state index is 13.1. The van der Waals surface area contributed by atoms with Gasteiger partial charge < -0.3 is 18.6 Å². The fourth-order valence-corrected chi connectivity index (χ4v) is 14.4. The van der Waals surface area contributed by atoms with Crippen LogP contribution in [0.25, 0.3) is 0 Å². The van der Waals surface area contributed by atoms with Gasteiger partial charge in [-0.3, -0.25) is 14.3 Å². The van der Waals surface area contributed by atoms with Gasteiger partial charge in [-0.2, -0.15) is 0 Å². The largest absolute Gasteiger partial charge is 0.407 e. The van der Waals surface area contributed by atoms with Gasteiger partial charge in [0.2, 0.25) is 0 Å². The monoisotopic (exact) mass is 658 g/mol. The van der Waals surface area contributed by atoms with Crippen molar-refractivity contribution in [3.05, 3.63) is 93.8 Å². The van der Waals surface area contributed by atoms with E-state index in [1.165, 1.54) is 40.0 Å². The van der Waals surface area contributed by atoms with Gasteiger partial charge in [0, 0.05) is 31.2 Å². The first-order valence-electron chi connectivity index (χ1n) is 17.3. The lowest BCUT2D eigenvalue weighted by Crippen LogP contribution is -2.67.